The van der Waals surface area contributed by atoms with Gasteiger partial charge in [0.15, 0.2) is 5.13 Å². The molecule has 29 heavy (non-hydrogen) atoms. The lowest BCUT2D eigenvalue weighted by molar-refractivity contribution is -0.115. The lowest BCUT2D eigenvalue weighted by Crippen LogP contribution is -2.33. The van der Waals surface area contributed by atoms with E-state index in [0.717, 1.165) is 11.3 Å². The molecule has 0 aliphatic rings. The van der Waals surface area contributed by atoms with Crippen LogP contribution in [0.25, 0.3) is 11.3 Å². The van der Waals surface area contributed by atoms with E-state index < -0.39 is 28.4 Å². The minimum atomic E-state index is -4.09. The predicted molar refractivity (Wildman–Crippen MR) is 111 cm³/mol. The quantitative estimate of drug-likeness (QED) is 0.415. The largest absolute Gasteiger partial charge is 0.364 e. The van der Waals surface area contributed by atoms with Crippen molar-refractivity contribution in [2.75, 3.05) is 11.9 Å². The smallest absolute Gasteiger partial charge is 0.265 e. The number of carbonyl (C=O) groups excluding carboxylic acids is 2. The Hall–Kier alpha value is -2.44. The monoisotopic (exact) mass is 473 g/mol. The first kappa shape index (κ1) is 21.3. The summed E-state index contributed by atoms with van der Waals surface area (Å²) in [5.41, 5.74) is 6.54. The Morgan fingerprint density at radius 3 is 2.55 bits per heavy atom. The molecule has 0 fully saturated rings. The number of anilines is 1. The van der Waals surface area contributed by atoms with E-state index in [-0.39, 0.29) is 25.8 Å². The summed E-state index contributed by atoms with van der Waals surface area (Å²) in [5.74, 6) is -1.24. The predicted octanol–water partition coefficient (Wildman–Crippen LogP) is 2.46. The number of rotatable bonds is 7. The summed E-state index contributed by atoms with van der Waals surface area (Å²) in [6, 6.07) is 5.80. The van der Waals surface area contributed by atoms with Crippen LogP contribution in [0.4, 0.5) is 5.13 Å². The van der Waals surface area contributed by atoms with Gasteiger partial charge in [-0.2, -0.15) is 0 Å². The number of sulfonamides is 1. The summed E-state index contributed by atoms with van der Waals surface area (Å²) in [5, 5.41) is 4.29. The average molecular weight is 474 g/mol. The Labute approximate surface area is 179 Å². The maximum absolute atomic E-state index is 12.4. The average Bonchev–Trinajstić information content (AvgIpc) is 3.29. The van der Waals surface area contributed by atoms with Crippen molar-refractivity contribution in [2.24, 2.45) is 5.73 Å². The molecule has 0 saturated heterocycles. The van der Waals surface area contributed by atoms with Gasteiger partial charge >= 0.3 is 0 Å². The minimum absolute atomic E-state index is 0.0585. The van der Waals surface area contributed by atoms with Crippen molar-refractivity contribution in [2.45, 2.75) is 4.90 Å². The van der Waals surface area contributed by atoms with Crippen LogP contribution in [0.15, 0.2) is 40.7 Å². The highest BCUT2D eigenvalue weighted by molar-refractivity contribution is 7.89. The Bertz CT molecular complexity index is 1170. The van der Waals surface area contributed by atoms with Crippen LogP contribution in [-0.4, -0.2) is 36.7 Å². The summed E-state index contributed by atoms with van der Waals surface area (Å²) in [7, 11) is -4.09. The maximum Gasteiger partial charge on any atom is 0.265 e. The molecular weight excluding hydrogens is 461 g/mol. The normalized spacial score (nSPS) is 11.4. The first-order chi connectivity index (χ1) is 13.7. The molecule has 0 aliphatic heterocycles. The summed E-state index contributed by atoms with van der Waals surface area (Å²) < 4.78 is 26.9. The zero-order chi connectivity index (χ0) is 21.2. The third-order valence-electron chi connectivity index (χ3n) is 3.61. The Balaban J connectivity index is 1.64. The second-order valence-corrected chi connectivity index (χ2v) is 9.00. The second-order valence-electron chi connectivity index (χ2n) is 5.63. The molecule has 0 spiro atoms. The van der Waals surface area contributed by atoms with Gasteiger partial charge in [0.05, 0.1) is 22.3 Å². The van der Waals surface area contributed by atoms with E-state index in [2.05, 4.69) is 20.0 Å². The summed E-state index contributed by atoms with van der Waals surface area (Å²) in [6.07, 6.45) is 1.56. The molecule has 0 saturated carbocycles. The number of nitrogens with one attached hydrogen (secondary N) is 3. The molecule has 0 aliphatic carbocycles. The number of nitrogens with zero attached hydrogens (tertiary/aromatic N) is 1. The Morgan fingerprint density at radius 2 is 1.93 bits per heavy atom. The molecule has 0 radical (unpaired) electrons. The Morgan fingerprint density at radius 1 is 1.24 bits per heavy atom. The molecule has 0 bridgehead atoms. The van der Waals surface area contributed by atoms with Gasteiger partial charge in [0, 0.05) is 17.1 Å². The highest BCUT2D eigenvalue weighted by atomic mass is 35.5. The zero-order valence-corrected chi connectivity index (χ0v) is 17.5. The summed E-state index contributed by atoms with van der Waals surface area (Å²) in [6.45, 7) is -0.547. The molecule has 9 nitrogen and oxygen atoms in total. The lowest BCUT2D eigenvalue weighted by Gasteiger charge is -2.09. The number of hydrogen-bond acceptors (Lipinski definition) is 6. The van der Waals surface area contributed by atoms with Gasteiger partial charge in [-0.25, -0.2) is 18.1 Å². The van der Waals surface area contributed by atoms with Crippen molar-refractivity contribution in [3.63, 3.8) is 0 Å². The van der Waals surface area contributed by atoms with E-state index in [1.165, 1.54) is 24.3 Å². The van der Waals surface area contributed by atoms with E-state index in [1.54, 1.807) is 11.6 Å². The van der Waals surface area contributed by atoms with Crippen molar-refractivity contribution >= 4 is 61.5 Å². The van der Waals surface area contributed by atoms with Gasteiger partial charge in [0.1, 0.15) is 10.6 Å². The number of primary amides is 1. The molecule has 0 atom stereocenters. The van der Waals surface area contributed by atoms with Crippen molar-refractivity contribution in [3.8, 4) is 11.3 Å². The van der Waals surface area contributed by atoms with Crippen LogP contribution in [0.3, 0.4) is 0 Å². The molecule has 0 unspecified atom stereocenters. The fourth-order valence-electron chi connectivity index (χ4n) is 2.28. The highest BCUT2D eigenvalue weighted by Crippen LogP contribution is 2.29. The molecule has 2 amide bonds. The number of amides is 2. The van der Waals surface area contributed by atoms with Gasteiger partial charge in [0.25, 0.3) is 5.91 Å². The number of halogens is 2. The summed E-state index contributed by atoms with van der Waals surface area (Å²) in [4.78, 5) is 29.9. The van der Waals surface area contributed by atoms with Crippen LogP contribution >= 0.6 is 34.5 Å². The third kappa shape index (κ3) is 4.95. The number of aromatic nitrogens is 2. The molecule has 2 heterocycles. The number of thiazole rings is 1. The van der Waals surface area contributed by atoms with Crippen LogP contribution < -0.4 is 15.8 Å². The lowest BCUT2D eigenvalue weighted by atomic mass is 10.2. The first-order valence-corrected chi connectivity index (χ1v) is 11.0. The molecule has 13 heteroatoms. The SMILES string of the molecule is NC(=O)c1cc(-c2csc(NC(=O)CNS(=O)(=O)c3c(Cl)cccc3Cl)n2)c[nH]1. The molecule has 3 rings (SSSR count). The van der Waals surface area contributed by atoms with Crippen LogP contribution in [0.2, 0.25) is 10.0 Å². The van der Waals surface area contributed by atoms with Gasteiger partial charge in [-0.15, -0.1) is 11.3 Å². The number of aromatic amines is 1. The van der Waals surface area contributed by atoms with Crippen LogP contribution in [0.1, 0.15) is 10.5 Å². The van der Waals surface area contributed by atoms with E-state index in [9.17, 15) is 18.0 Å². The van der Waals surface area contributed by atoms with Crippen LogP contribution in [-0.2, 0) is 14.8 Å². The van der Waals surface area contributed by atoms with Gasteiger partial charge in [-0.1, -0.05) is 29.3 Å². The summed E-state index contributed by atoms with van der Waals surface area (Å²) >= 11 is 12.9. The topological polar surface area (TPSA) is 147 Å². The minimum Gasteiger partial charge on any atom is -0.364 e. The Kier molecular flexibility index (Phi) is 6.24. The number of H-pyrrole nitrogens is 1. The molecule has 5 N–H and O–H groups in total. The zero-order valence-electron chi connectivity index (χ0n) is 14.4. The molecular formula is C16H13Cl2N5O4S2. The first-order valence-electron chi connectivity index (χ1n) is 7.85. The molecule has 3 aromatic rings. The van der Waals surface area contributed by atoms with Crippen molar-refractivity contribution in [1.29, 1.82) is 0 Å². The van der Waals surface area contributed by atoms with Crippen molar-refractivity contribution in [3.05, 3.63) is 51.6 Å². The van der Waals surface area contributed by atoms with Gasteiger partial charge < -0.3 is 16.0 Å². The van der Waals surface area contributed by atoms with E-state index >= 15 is 0 Å². The maximum atomic E-state index is 12.4. The van der Waals surface area contributed by atoms with E-state index in [4.69, 9.17) is 28.9 Å². The van der Waals surface area contributed by atoms with Crippen molar-refractivity contribution in [1.82, 2.24) is 14.7 Å². The van der Waals surface area contributed by atoms with Gasteiger partial charge in [0.2, 0.25) is 15.9 Å². The number of benzene rings is 1. The van der Waals surface area contributed by atoms with Crippen LogP contribution in [0, 0.1) is 0 Å². The molecule has 2 aromatic heterocycles. The fraction of sp³-hybridized carbons (Fsp3) is 0.0625. The third-order valence-corrected chi connectivity index (χ3v) is 6.72. The molecule has 152 valence electrons. The number of carbonyl (C=O) groups is 2. The van der Waals surface area contributed by atoms with Gasteiger partial charge in [-0.05, 0) is 18.2 Å². The fourth-order valence-corrected chi connectivity index (χ4v) is 5.14. The van der Waals surface area contributed by atoms with E-state index in [0.29, 0.717) is 11.3 Å². The van der Waals surface area contributed by atoms with Gasteiger partial charge in [-0.3, -0.25) is 9.59 Å². The number of nitrogens with two attached hydrogens (primary N) is 1. The standard InChI is InChI=1S/C16H13Cl2N5O4S2/c17-9-2-1-3-10(18)14(9)29(26,27)21-6-13(24)23-16-22-12(7-28-16)8-4-11(15(19)25)20-5-8/h1-5,7,20-21H,6H2,(H2,19,25)(H,22,23,24). The highest BCUT2D eigenvalue weighted by Gasteiger charge is 2.22. The van der Waals surface area contributed by atoms with Crippen LogP contribution in [0.5, 0.6) is 0 Å². The molecule has 1 aromatic carbocycles. The van der Waals surface area contributed by atoms with Crippen molar-refractivity contribution < 1.29 is 18.0 Å². The number of hydrogen-bond donors (Lipinski definition) is 4. The van der Waals surface area contributed by atoms with E-state index in [1.807, 2.05) is 0 Å². The second kappa shape index (κ2) is 8.51.